The molecular formula is C26H20F4N8O2. The van der Waals surface area contributed by atoms with E-state index in [9.17, 15) is 22.4 Å². The zero-order chi connectivity index (χ0) is 28.6. The number of amides is 1. The molecule has 0 aliphatic carbocycles. The topological polar surface area (TPSA) is 138 Å². The van der Waals surface area contributed by atoms with Crippen LogP contribution in [0.1, 0.15) is 16.8 Å². The standard InChI is InChI=1S/C26H20F4N8O2/c1-40-26(39)37(12-14-6-7-15(27)9-18(14)30)22-23(31)34-25(35-24(22)32)38-20-10-16(28)11-33-21(20)19(36-38)8-13-4-2-3-5-17(13)29/h2-7,9-11H,8,12H2,1H3,(H4,31,32,34,35). The maximum absolute atomic E-state index is 14.4. The molecule has 0 aliphatic rings. The number of halogens is 4. The largest absolute Gasteiger partial charge is 0.452 e. The molecule has 0 radical (unpaired) electrons. The maximum atomic E-state index is 14.4. The molecule has 1 amide bonds. The van der Waals surface area contributed by atoms with Crippen molar-refractivity contribution in [3.8, 4) is 5.95 Å². The number of carbonyl (C=O) groups excluding carboxylic acids is 1. The number of nitrogen functional groups attached to an aromatic ring is 2. The summed E-state index contributed by atoms with van der Waals surface area (Å²) >= 11 is 0. The molecule has 0 atom stereocenters. The predicted octanol–water partition coefficient (Wildman–Crippen LogP) is 4.30. The van der Waals surface area contributed by atoms with Crippen molar-refractivity contribution < 1.29 is 27.1 Å². The average Bonchev–Trinajstić information content (AvgIpc) is 3.27. The van der Waals surface area contributed by atoms with Crippen LogP contribution in [0.3, 0.4) is 0 Å². The van der Waals surface area contributed by atoms with Gasteiger partial charge in [0.25, 0.3) is 5.95 Å². The van der Waals surface area contributed by atoms with E-state index in [0.29, 0.717) is 17.3 Å². The van der Waals surface area contributed by atoms with Gasteiger partial charge in [-0.05, 0) is 17.7 Å². The van der Waals surface area contributed by atoms with Crippen LogP contribution >= 0.6 is 0 Å². The van der Waals surface area contributed by atoms with E-state index in [1.807, 2.05) is 0 Å². The molecule has 3 heterocycles. The van der Waals surface area contributed by atoms with E-state index < -0.39 is 35.9 Å². The van der Waals surface area contributed by atoms with Crippen LogP contribution in [0.4, 0.5) is 39.7 Å². The molecule has 0 unspecified atom stereocenters. The van der Waals surface area contributed by atoms with Gasteiger partial charge in [0.2, 0.25) is 0 Å². The number of fused-ring (bicyclic) bond motifs is 1. The number of benzene rings is 2. The number of methoxy groups -OCH3 is 1. The number of anilines is 3. The van der Waals surface area contributed by atoms with Crippen molar-refractivity contribution in [2.75, 3.05) is 23.5 Å². The Labute approximate surface area is 223 Å². The first-order valence-electron chi connectivity index (χ1n) is 11.7. The van der Waals surface area contributed by atoms with Gasteiger partial charge in [0.1, 0.15) is 34.5 Å². The van der Waals surface area contributed by atoms with Gasteiger partial charge in [-0.1, -0.05) is 24.3 Å². The zero-order valence-electron chi connectivity index (χ0n) is 20.8. The Balaban J connectivity index is 1.59. The van der Waals surface area contributed by atoms with Gasteiger partial charge in [-0.15, -0.1) is 0 Å². The first-order valence-corrected chi connectivity index (χ1v) is 11.7. The van der Waals surface area contributed by atoms with Crippen LogP contribution in [0.2, 0.25) is 0 Å². The Bertz CT molecular complexity index is 1740. The highest BCUT2D eigenvalue weighted by molar-refractivity contribution is 5.95. The van der Waals surface area contributed by atoms with Crippen LogP contribution in [0.25, 0.3) is 17.0 Å². The lowest BCUT2D eigenvalue weighted by atomic mass is 10.1. The first-order chi connectivity index (χ1) is 19.2. The Morgan fingerprint density at radius 3 is 2.35 bits per heavy atom. The minimum atomic E-state index is -0.971. The van der Waals surface area contributed by atoms with Gasteiger partial charge in [-0.3, -0.25) is 4.90 Å². The monoisotopic (exact) mass is 552 g/mol. The normalized spacial score (nSPS) is 11.1. The third-order valence-electron chi connectivity index (χ3n) is 6.00. The summed E-state index contributed by atoms with van der Waals surface area (Å²) in [4.78, 5) is 26.0. The Morgan fingerprint density at radius 1 is 0.950 bits per heavy atom. The summed E-state index contributed by atoms with van der Waals surface area (Å²) in [5, 5.41) is 4.43. The van der Waals surface area contributed by atoms with Crippen molar-refractivity contribution in [2.24, 2.45) is 0 Å². The van der Waals surface area contributed by atoms with Crippen LogP contribution in [-0.4, -0.2) is 37.9 Å². The number of aromatic nitrogens is 5. The fourth-order valence-electron chi connectivity index (χ4n) is 4.14. The summed E-state index contributed by atoms with van der Waals surface area (Å²) < 4.78 is 62.2. The zero-order valence-corrected chi connectivity index (χ0v) is 20.8. The second-order valence-corrected chi connectivity index (χ2v) is 8.58. The van der Waals surface area contributed by atoms with Crippen LogP contribution in [0, 0.1) is 23.3 Å². The molecule has 0 saturated carbocycles. The molecule has 0 fully saturated rings. The summed E-state index contributed by atoms with van der Waals surface area (Å²) in [6.45, 7) is -0.442. The molecule has 10 nitrogen and oxygen atoms in total. The fourth-order valence-corrected chi connectivity index (χ4v) is 4.14. The van der Waals surface area contributed by atoms with Crippen molar-refractivity contribution in [3.05, 3.63) is 94.8 Å². The van der Waals surface area contributed by atoms with E-state index in [1.54, 1.807) is 18.2 Å². The molecule has 0 saturated heterocycles. The number of hydrogen-bond acceptors (Lipinski definition) is 8. The molecule has 5 aromatic rings. The lowest BCUT2D eigenvalue weighted by Gasteiger charge is -2.23. The Morgan fingerprint density at radius 2 is 1.68 bits per heavy atom. The molecule has 4 N–H and O–H groups in total. The Hall–Kier alpha value is -5.27. The molecule has 14 heteroatoms. The van der Waals surface area contributed by atoms with Crippen molar-refractivity contribution in [1.29, 1.82) is 0 Å². The van der Waals surface area contributed by atoms with Gasteiger partial charge in [0, 0.05) is 24.1 Å². The SMILES string of the molecule is COC(=O)N(Cc1ccc(F)cc1F)c1c(N)nc(-n2nc(Cc3ccccc3F)c3ncc(F)cc32)nc1N. The molecule has 5 rings (SSSR count). The van der Waals surface area contributed by atoms with Gasteiger partial charge in [-0.2, -0.15) is 19.7 Å². The van der Waals surface area contributed by atoms with Crippen molar-refractivity contribution in [3.63, 3.8) is 0 Å². The van der Waals surface area contributed by atoms with E-state index in [2.05, 4.69) is 20.1 Å². The van der Waals surface area contributed by atoms with Crippen molar-refractivity contribution in [1.82, 2.24) is 24.7 Å². The second-order valence-electron chi connectivity index (χ2n) is 8.58. The van der Waals surface area contributed by atoms with Gasteiger partial charge in [-0.25, -0.2) is 27.3 Å². The van der Waals surface area contributed by atoms with Crippen LogP contribution < -0.4 is 16.4 Å². The van der Waals surface area contributed by atoms with Gasteiger partial charge < -0.3 is 16.2 Å². The molecule has 0 bridgehead atoms. The van der Waals surface area contributed by atoms with Gasteiger partial charge in [0.15, 0.2) is 11.6 Å². The number of nitrogens with zero attached hydrogens (tertiary/aromatic N) is 6. The Kier molecular flexibility index (Phi) is 6.90. The number of nitrogens with two attached hydrogens (primary N) is 2. The average molecular weight is 552 g/mol. The third kappa shape index (κ3) is 4.93. The summed E-state index contributed by atoms with van der Waals surface area (Å²) in [6.07, 6.45) is 0.0489. The first kappa shape index (κ1) is 26.3. The highest BCUT2D eigenvalue weighted by Gasteiger charge is 2.27. The highest BCUT2D eigenvalue weighted by Crippen LogP contribution is 2.32. The summed E-state index contributed by atoms with van der Waals surface area (Å²) in [5.41, 5.74) is 13.1. The number of carbonyl (C=O) groups is 1. The predicted molar refractivity (Wildman–Crippen MR) is 137 cm³/mol. The quantitative estimate of drug-likeness (QED) is 0.298. The fraction of sp³-hybridized carbons (Fsp3) is 0.115. The van der Waals surface area contributed by atoms with Crippen LogP contribution in [0.15, 0.2) is 54.7 Å². The molecule has 204 valence electrons. The van der Waals surface area contributed by atoms with E-state index in [-0.39, 0.29) is 46.3 Å². The van der Waals surface area contributed by atoms with E-state index in [4.69, 9.17) is 16.2 Å². The highest BCUT2D eigenvalue weighted by atomic mass is 19.1. The van der Waals surface area contributed by atoms with E-state index in [0.717, 1.165) is 41.1 Å². The number of pyridine rings is 1. The lowest BCUT2D eigenvalue weighted by Crippen LogP contribution is -2.32. The number of hydrogen-bond donors (Lipinski definition) is 2. The van der Waals surface area contributed by atoms with Crippen LogP contribution in [0.5, 0.6) is 0 Å². The molecule has 40 heavy (non-hydrogen) atoms. The number of rotatable bonds is 6. The third-order valence-corrected chi connectivity index (χ3v) is 6.00. The van der Waals surface area contributed by atoms with E-state index >= 15 is 0 Å². The molecule has 2 aromatic carbocycles. The van der Waals surface area contributed by atoms with Crippen molar-refractivity contribution in [2.45, 2.75) is 13.0 Å². The summed E-state index contributed by atoms with van der Waals surface area (Å²) in [5.74, 6) is -3.69. The van der Waals surface area contributed by atoms with Gasteiger partial charge >= 0.3 is 6.09 Å². The second kappa shape index (κ2) is 10.5. The number of ether oxygens (including phenoxy) is 1. The summed E-state index contributed by atoms with van der Waals surface area (Å²) in [6, 6.07) is 10.1. The molecular weight excluding hydrogens is 532 g/mol. The minimum Gasteiger partial charge on any atom is -0.452 e. The molecule has 3 aromatic heterocycles. The molecule has 0 spiro atoms. The summed E-state index contributed by atoms with van der Waals surface area (Å²) in [7, 11) is 1.09. The smallest absolute Gasteiger partial charge is 0.414 e. The molecule has 0 aliphatic heterocycles. The van der Waals surface area contributed by atoms with E-state index in [1.165, 1.54) is 6.07 Å². The van der Waals surface area contributed by atoms with Gasteiger partial charge in [0.05, 0.1) is 31.1 Å². The lowest BCUT2D eigenvalue weighted by molar-refractivity contribution is 0.178. The maximum Gasteiger partial charge on any atom is 0.414 e. The van der Waals surface area contributed by atoms with Crippen molar-refractivity contribution >= 4 is 34.4 Å². The van der Waals surface area contributed by atoms with Crippen LogP contribution in [-0.2, 0) is 17.7 Å². The minimum absolute atomic E-state index is 0.0250.